The lowest BCUT2D eigenvalue weighted by molar-refractivity contribution is -0.141. The van der Waals surface area contributed by atoms with Gasteiger partial charge in [0.05, 0.1) is 12.5 Å². The topological polar surface area (TPSA) is 104 Å². The summed E-state index contributed by atoms with van der Waals surface area (Å²) >= 11 is 0. The number of hydrogen-bond acceptors (Lipinski definition) is 4. The van der Waals surface area contributed by atoms with Crippen LogP contribution < -0.4 is 5.73 Å². The molecule has 98 valence electrons. The number of phenolic OH excluding ortho intramolecular Hbond substituents is 1. The van der Waals surface area contributed by atoms with Crippen LogP contribution in [0.15, 0.2) is 24.3 Å². The molecular formula is C12H16N2O4. The summed E-state index contributed by atoms with van der Waals surface area (Å²) in [5.41, 5.74) is 6.06. The molecule has 0 aliphatic carbocycles. The normalized spacial score (nSPS) is 11.9. The van der Waals surface area contributed by atoms with Crippen LogP contribution in [0.25, 0.3) is 0 Å². The van der Waals surface area contributed by atoms with E-state index in [1.54, 1.807) is 18.2 Å². The first-order chi connectivity index (χ1) is 8.41. The van der Waals surface area contributed by atoms with Crippen molar-refractivity contribution in [3.8, 4) is 5.75 Å². The highest BCUT2D eigenvalue weighted by Gasteiger charge is 2.21. The summed E-state index contributed by atoms with van der Waals surface area (Å²) in [4.78, 5) is 23.5. The number of rotatable bonds is 5. The maximum atomic E-state index is 11.8. The van der Waals surface area contributed by atoms with Gasteiger partial charge in [0.1, 0.15) is 5.75 Å². The van der Waals surface area contributed by atoms with E-state index in [9.17, 15) is 14.7 Å². The van der Waals surface area contributed by atoms with Gasteiger partial charge in [-0.15, -0.1) is 0 Å². The number of phenols is 1. The van der Waals surface area contributed by atoms with Crippen LogP contribution in [0.1, 0.15) is 12.0 Å². The average molecular weight is 252 g/mol. The molecule has 0 spiro atoms. The number of amides is 1. The van der Waals surface area contributed by atoms with Crippen LogP contribution in [0.4, 0.5) is 0 Å². The molecule has 0 aliphatic heterocycles. The minimum absolute atomic E-state index is 0.0870. The first-order valence-corrected chi connectivity index (χ1v) is 5.41. The Kier molecular flexibility index (Phi) is 4.67. The van der Waals surface area contributed by atoms with Gasteiger partial charge in [-0.25, -0.2) is 0 Å². The van der Waals surface area contributed by atoms with Gasteiger partial charge in [0.25, 0.3) is 0 Å². The SMILES string of the molecule is CN(Cc1ccccc1O)C(=O)C(N)CC(=O)O. The van der Waals surface area contributed by atoms with Crippen molar-refractivity contribution in [2.24, 2.45) is 5.73 Å². The Bertz CT molecular complexity index is 447. The lowest BCUT2D eigenvalue weighted by atomic mass is 10.1. The quantitative estimate of drug-likeness (QED) is 0.692. The number of hydrogen-bond donors (Lipinski definition) is 3. The van der Waals surface area contributed by atoms with E-state index in [1.807, 2.05) is 0 Å². The highest BCUT2D eigenvalue weighted by Crippen LogP contribution is 2.17. The summed E-state index contributed by atoms with van der Waals surface area (Å²) in [6, 6.07) is 5.55. The van der Waals surface area contributed by atoms with E-state index in [0.717, 1.165) is 0 Å². The number of aromatic hydroxyl groups is 1. The van der Waals surface area contributed by atoms with Crippen LogP contribution in [-0.2, 0) is 16.1 Å². The van der Waals surface area contributed by atoms with E-state index >= 15 is 0 Å². The number of carboxylic acids is 1. The molecule has 0 aliphatic rings. The van der Waals surface area contributed by atoms with Gasteiger partial charge >= 0.3 is 5.97 Å². The maximum Gasteiger partial charge on any atom is 0.305 e. The zero-order valence-electron chi connectivity index (χ0n) is 10.0. The third-order valence-electron chi connectivity index (χ3n) is 2.49. The van der Waals surface area contributed by atoms with Crippen molar-refractivity contribution >= 4 is 11.9 Å². The van der Waals surface area contributed by atoms with Crippen LogP contribution in [0.5, 0.6) is 5.75 Å². The molecule has 1 atom stereocenters. The van der Waals surface area contributed by atoms with Crippen LogP contribution in [0.3, 0.4) is 0 Å². The van der Waals surface area contributed by atoms with Crippen molar-refractivity contribution in [2.45, 2.75) is 19.0 Å². The summed E-state index contributed by atoms with van der Waals surface area (Å²) in [5, 5.41) is 18.1. The Hall–Kier alpha value is -2.08. The number of carbonyl (C=O) groups is 2. The monoisotopic (exact) mass is 252 g/mol. The fourth-order valence-electron chi connectivity index (χ4n) is 1.54. The number of benzene rings is 1. The predicted molar refractivity (Wildman–Crippen MR) is 64.8 cm³/mol. The second-order valence-corrected chi connectivity index (χ2v) is 4.03. The van der Waals surface area contributed by atoms with Crippen molar-refractivity contribution in [2.75, 3.05) is 7.05 Å². The summed E-state index contributed by atoms with van der Waals surface area (Å²) in [6.45, 7) is 0.179. The average Bonchev–Trinajstić information content (AvgIpc) is 2.30. The molecule has 1 amide bonds. The Morgan fingerprint density at radius 3 is 2.56 bits per heavy atom. The maximum absolute atomic E-state index is 11.8. The van der Waals surface area contributed by atoms with E-state index in [-0.39, 0.29) is 12.3 Å². The molecule has 4 N–H and O–H groups in total. The molecule has 1 aromatic rings. The molecule has 18 heavy (non-hydrogen) atoms. The fourth-order valence-corrected chi connectivity index (χ4v) is 1.54. The molecule has 1 rings (SSSR count). The van der Waals surface area contributed by atoms with E-state index in [1.165, 1.54) is 18.0 Å². The summed E-state index contributed by atoms with van der Waals surface area (Å²) < 4.78 is 0. The van der Waals surface area contributed by atoms with Gasteiger partial charge in [-0.3, -0.25) is 9.59 Å². The second-order valence-electron chi connectivity index (χ2n) is 4.03. The molecule has 6 heteroatoms. The summed E-state index contributed by atoms with van der Waals surface area (Å²) in [6.07, 6.45) is -0.413. The smallest absolute Gasteiger partial charge is 0.305 e. The van der Waals surface area contributed by atoms with E-state index in [0.29, 0.717) is 5.56 Å². The lowest BCUT2D eigenvalue weighted by Gasteiger charge is -2.20. The lowest BCUT2D eigenvalue weighted by Crippen LogP contribution is -2.42. The molecule has 6 nitrogen and oxygen atoms in total. The molecular weight excluding hydrogens is 236 g/mol. The number of likely N-dealkylation sites (N-methyl/N-ethyl adjacent to an activating group) is 1. The van der Waals surface area contributed by atoms with Crippen LogP contribution in [0.2, 0.25) is 0 Å². The van der Waals surface area contributed by atoms with Gasteiger partial charge in [0, 0.05) is 19.2 Å². The van der Waals surface area contributed by atoms with Crippen LogP contribution in [-0.4, -0.2) is 40.1 Å². The number of para-hydroxylation sites is 1. The number of carboxylic acid groups (broad SMARTS) is 1. The highest BCUT2D eigenvalue weighted by molar-refractivity contribution is 5.85. The van der Waals surface area contributed by atoms with Crippen molar-refractivity contribution in [3.05, 3.63) is 29.8 Å². The molecule has 0 saturated carbocycles. The minimum atomic E-state index is -1.12. The highest BCUT2D eigenvalue weighted by atomic mass is 16.4. The van der Waals surface area contributed by atoms with Gasteiger partial charge in [-0.05, 0) is 6.07 Å². The Morgan fingerprint density at radius 1 is 1.39 bits per heavy atom. The Balaban J connectivity index is 2.65. The molecule has 1 unspecified atom stereocenters. The number of carbonyl (C=O) groups excluding carboxylic acids is 1. The van der Waals surface area contributed by atoms with E-state index in [4.69, 9.17) is 10.8 Å². The minimum Gasteiger partial charge on any atom is -0.508 e. The zero-order valence-corrected chi connectivity index (χ0v) is 10.0. The van der Waals surface area contributed by atoms with E-state index < -0.39 is 24.3 Å². The van der Waals surface area contributed by atoms with Crippen molar-refractivity contribution in [1.29, 1.82) is 0 Å². The fraction of sp³-hybridized carbons (Fsp3) is 0.333. The van der Waals surface area contributed by atoms with Crippen molar-refractivity contribution in [1.82, 2.24) is 4.90 Å². The van der Waals surface area contributed by atoms with Crippen LogP contribution >= 0.6 is 0 Å². The van der Waals surface area contributed by atoms with Gasteiger partial charge in [-0.1, -0.05) is 18.2 Å². The first-order valence-electron chi connectivity index (χ1n) is 5.41. The molecule has 0 aromatic heterocycles. The predicted octanol–water partition coefficient (Wildman–Crippen LogP) is 0.153. The van der Waals surface area contributed by atoms with Gasteiger partial charge in [-0.2, -0.15) is 0 Å². The number of nitrogens with zero attached hydrogens (tertiary/aromatic N) is 1. The second kappa shape index (κ2) is 6.02. The summed E-state index contributed by atoms with van der Waals surface area (Å²) in [7, 11) is 1.51. The third-order valence-corrected chi connectivity index (χ3v) is 2.49. The standard InChI is InChI=1S/C12H16N2O4/c1-14(12(18)9(13)6-11(16)17)7-8-4-2-3-5-10(8)15/h2-5,9,15H,6-7,13H2,1H3,(H,16,17). The third kappa shape index (κ3) is 3.74. The molecule has 0 saturated heterocycles. The molecule has 0 heterocycles. The van der Waals surface area contributed by atoms with E-state index in [2.05, 4.69) is 0 Å². The molecule has 1 aromatic carbocycles. The Morgan fingerprint density at radius 2 is 2.00 bits per heavy atom. The zero-order chi connectivity index (χ0) is 13.7. The first kappa shape index (κ1) is 14.0. The van der Waals surface area contributed by atoms with Gasteiger partial charge in [0.15, 0.2) is 0 Å². The molecule has 0 bridgehead atoms. The largest absolute Gasteiger partial charge is 0.508 e. The molecule has 0 radical (unpaired) electrons. The summed E-state index contributed by atoms with van der Waals surface area (Å²) in [5.74, 6) is -1.50. The van der Waals surface area contributed by atoms with Gasteiger partial charge < -0.3 is 20.8 Å². The Labute approximate surface area is 105 Å². The number of nitrogens with two attached hydrogens (primary N) is 1. The van der Waals surface area contributed by atoms with Crippen LogP contribution in [0, 0.1) is 0 Å². The van der Waals surface area contributed by atoms with Gasteiger partial charge in [0.2, 0.25) is 5.91 Å². The van der Waals surface area contributed by atoms with Crippen molar-refractivity contribution in [3.63, 3.8) is 0 Å². The van der Waals surface area contributed by atoms with Crippen molar-refractivity contribution < 1.29 is 19.8 Å². The molecule has 0 fully saturated rings. The number of aliphatic carboxylic acids is 1.